The van der Waals surface area contributed by atoms with Crippen LogP contribution in [0.15, 0.2) is 53.6 Å². The summed E-state index contributed by atoms with van der Waals surface area (Å²) in [4.78, 5) is 0. The smallest absolute Gasteiger partial charge is 0.129 e. The van der Waals surface area contributed by atoms with E-state index < -0.39 is 0 Å². The molecule has 0 heterocycles. The lowest BCUT2D eigenvalue weighted by Gasteiger charge is -2.15. The molecule has 1 aliphatic carbocycles. The lowest BCUT2D eigenvalue weighted by molar-refractivity contribution is 0.797. The highest BCUT2D eigenvalue weighted by molar-refractivity contribution is 5.86. The summed E-state index contributed by atoms with van der Waals surface area (Å²) in [6.07, 6.45) is 2.94. The van der Waals surface area contributed by atoms with Gasteiger partial charge in [-0.25, -0.2) is 0 Å². The third kappa shape index (κ3) is 1.96. The second-order valence-corrected chi connectivity index (χ2v) is 5.14. The number of nitriles is 2. The van der Waals surface area contributed by atoms with Gasteiger partial charge in [-0.1, -0.05) is 42.5 Å². The van der Waals surface area contributed by atoms with Crippen LogP contribution in [0.4, 0.5) is 0 Å². The van der Waals surface area contributed by atoms with Crippen LogP contribution in [0, 0.1) is 22.7 Å². The summed E-state index contributed by atoms with van der Waals surface area (Å²) >= 11 is 0. The third-order valence-corrected chi connectivity index (χ3v) is 4.10. The molecule has 1 atom stereocenters. The van der Waals surface area contributed by atoms with Gasteiger partial charge in [0.25, 0.3) is 0 Å². The second kappa shape index (κ2) is 5.19. The molecule has 0 bridgehead atoms. The van der Waals surface area contributed by atoms with Gasteiger partial charge >= 0.3 is 0 Å². The van der Waals surface area contributed by atoms with Gasteiger partial charge in [-0.15, -0.1) is 0 Å². The minimum Gasteiger partial charge on any atom is -0.192 e. The van der Waals surface area contributed by atoms with Crippen molar-refractivity contribution in [1.82, 2.24) is 0 Å². The van der Waals surface area contributed by atoms with Gasteiger partial charge < -0.3 is 0 Å². The number of nitrogens with zero attached hydrogens (tertiary/aromatic N) is 2. The van der Waals surface area contributed by atoms with Crippen LogP contribution in [-0.4, -0.2) is 0 Å². The molecular formula is C18H14N2. The zero-order valence-corrected chi connectivity index (χ0v) is 11.1. The van der Waals surface area contributed by atoms with Crippen LogP contribution in [0.25, 0.3) is 10.8 Å². The monoisotopic (exact) mass is 258 g/mol. The van der Waals surface area contributed by atoms with Crippen LogP contribution < -0.4 is 0 Å². The molecule has 0 radical (unpaired) electrons. The van der Waals surface area contributed by atoms with E-state index in [-0.39, 0.29) is 5.92 Å². The Bertz CT molecular complexity index is 751. The maximum Gasteiger partial charge on any atom is 0.129 e. The molecule has 2 nitrogen and oxygen atoms in total. The third-order valence-electron chi connectivity index (χ3n) is 4.10. The van der Waals surface area contributed by atoms with Crippen molar-refractivity contribution < 1.29 is 0 Å². The molecule has 3 rings (SSSR count). The summed E-state index contributed by atoms with van der Waals surface area (Å²) in [7, 11) is 0. The summed E-state index contributed by atoms with van der Waals surface area (Å²) in [5, 5.41) is 20.7. The van der Waals surface area contributed by atoms with Crippen LogP contribution in [0.5, 0.6) is 0 Å². The molecule has 2 aromatic rings. The summed E-state index contributed by atoms with van der Waals surface area (Å²) in [6.45, 7) is 0. The van der Waals surface area contributed by atoms with E-state index in [1.165, 1.54) is 16.3 Å². The molecule has 0 spiro atoms. The van der Waals surface area contributed by atoms with E-state index in [2.05, 4.69) is 42.5 Å². The minimum absolute atomic E-state index is 0.218. The van der Waals surface area contributed by atoms with Gasteiger partial charge in [0, 0.05) is 5.92 Å². The van der Waals surface area contributed by atoms with Crippen molar-refractivity contribution >= 4 is 10.8 Å². The van der Waals surface area contributed by atoms with E-state index in [1.807, 2.05) is 12.1 Å². The Hall–Kier alpha value is -2.58. The summed E-state index contributed by atoms with van der Waals surface area (Å²) in [6, 6.07) is 18.7. The van der Waals surface area contributed by atoms with Crippen molar-refractivity contribution in [3.8, 4) is 12.1 Å². The maximum absolute atomic E-state index is 9.13. The second-order valence-electron chi connectivity index (χ2n) is 5.14. The molecule has 1 saturated carbocycles. The normalized spacial score (nSPS) is 17.7. The fourth-order valence-corrected chi connectivity index (χ4v) is 3.21. The van der Waals surface area contributed by atoms with Gasteiger partial charge in [-0.05, 0) is 41.2 Å². The van der Waals surface area contributed by atoms with E-state index in [0.717, 1.165) is 24.8 Å². The summed E-state index contributed by atoms with van der Waals surface area (Å²) < 4.78 is 0. The molecule has 2 heteroatoms. The van der Waals surface area contributed by atoms with Crippen LogP contribution in [-0.2, 0) is 0 Å². The number of fused-ring (bicyclic) bond motifs is 1. The highest BCUT2D eigenvalue weighted by Gasteiger charge is 2.27. The van der Waals surface area contributed by atoms with E-state index in [1.54, 1.807) is 0 Å². The van der Waals surface area contributed by atoms with Crippen LogP contribution in [0.1, 0.15) is 30.7 Å². The Morgan fingerprint density at radius 3 is 2.55 bits per heavy atom. The highest BCUT2D eigenvalue weighted by atomic mass is 14.3. The first-order valence-electron chi connectivity index (χ1n) is 6.86. The number of hydrogen-bond acceptors (Lipinski definition) is 2. The molecule has 1 aliphatic rings. The standard InChI is InChI=1S/C18H14N2/c19-11-14(12-20)16-8-4-10-18(16)17-9-3-6-13-5-1-2-7-15(13)17/h1-3,5-7,9,18H,4,8,10H2. The van der Waals surface area contributed by atoms with Gasteiger partial charge in [0.05, 0.1) is 0 Å². The topological polar surface area (TPSA) is 47.6 Å². The molecule has 0 amide bonds. The van der Waals surface area contributed by atoms with Crippen LogP contribution >= 0.6 is 0 Å². The van der Waals surface area contributed by atoms with E-state index in [4.69, 9.17) is 10.5 Å². The summed E-state index contributed by atoms with van der Waals surface area (Å²) in [5.74, 6) is 0.218. The predicted octanol–water partition coefficient (Wildman–Crippen LogP) is 4.45. The maximum atomic E-state index is 9.13. The number of rotatable bonds is 1. The Morgan fingerprint density at radius 2 is 1.75 bits per heavy atom. The molecular weight excluding hydrogens is 244 g/mol. The first-order valence-corrected chi connectivity index (χ1v) is 6.86. The first kappa shape index (κ1) is 12.5. The molecule has 20 heavy (non-hydrogen) atoms. The molecule has 2 aromatic carbocycles. The number of hydrogen-bond donors (Lipinski definition) is 0. The molecule has 96 valence electrons. The Kier molecular flexibility index (Phi) is 3.23. The van der Waals surface area contributed by atoms with E-state index in [0.29, 0.717) is 5.57 Å². The molecule has 0 N–H and O–H groups in total. The quantitative estimate of drug-likeness (QED) is 0.709. The zero-order valence-electron chi connectivity index (χ0n) is 11.1. The number of allylic oxidation sites excluding steroid dienone is 2. The van der Waals surface area contributed by atoms with Crippen molar-refractivity contribution in [1.29, 1.82) is 10.5 Å². The first-order chi connectivity index (χ1) is 9.85. The lowest BCUT2D eigenvalue weighted by atomic mass is 9.87. The molecule has 0 aromatic heterocycles. The lowest BCUT2D eigenvalue weighted by Crippen LogP contribution is -1.99. The Labute approximate surface area is 118 Å². The van der Waals surface area contributed by atoms with Gasteiger partial charge in [0.2, 0.25) is 0 Å². The Balaban J connectivity index is 2.19. The fraction of sp³-hybridized carbons (Fsp3) is 0.222. The highest BCUT2D eigenvalue weighted by Crippen LogP contribution is 2.42. The molecule has 0 aliphatic heterocycles. The summed E-state index contributed by atoms with van der Waals surface area (Å²) in [5.41, 5.74) is 2.57. The van der Waals surface area contributed by atoms with E-state index in [9.17, 15) is 0 Å². The average Bonchev–Trinajstić information content (AvgIpc) is 2.97. The Morgan fingerprint density at radius 1 is 1.00 bits per heavy atom. The SMILES string of the molecule is N#CC(C#N)=C1CCCC1c1cccc2ccccc12. The van der Waals surface area contributed by atoms with Crippen molar-refractivity contribution in [2.24, 2.45) is 0 Å². The fourth-order valence-electron chi connectivity index (χ4n) is 3.21. The van der Waals surface area contributed by atoms with Crippen molar-refractivity contribution in [2.75, 3.05) is 0 Å². The largest absolute Gasteiger partial charge is 0.192 e. The predicted molar refractivity (Wildman–Crippen MR) is 78.8 cm³/mol. The van der Waals surface area contributed by atoms with Gasteiger partial charge in [0.15, 0.2) is 0 Å². The van der Waals surface area contributed by atoms with Gasteiger partial charge in [0.1, 0.15) is 17.7 Å². The molecule has 1 fully saturated rings. The van der Waals surface area contributed by atoms with Crippen molar-refractivity contribution in [2.45, 2.75) is 25.2 Å². The zero-order chi connectivity index (χ0) is 13.9. The van der Waals surface area contributed by atoms with Crippen LogP contribution in [0.3, 0.4) is 0 Å². The van der Waals surface area contributed by atoms with Gasteiger partial charge in [-0.2, -0.15) is 10.5 Å². The molecule has 1 unspecified atom stereocenters. The van der Waals surface area contributed by atoms with Crippen molar-refractivity contribution in [3.05, 3.63) is 59.2 Å². The molecule has 0 saturated heterocycles. The van der Waals surface area contributed by atoms with Crippen LogP contribution in [0.2, 0.25) is 0 Å². The van der Waals surface area contributed by atoms with Gasteiger partial charge in [-0.3, -0.25) is 0 Å². The van der Waals surface area contributed by atoms with Crippen molar-refractivity contribution in [3.63, 3.8) is 0 Å². The van der Waals surface area contributed by atoms with E-state index >= 15 is 0 Å². The average molecular weight is 258 g/mol. The minimum atomic E-state index is 0.218. The number of benzene rings is 2.